The van der Waals surface area contributed by atoms with Crippen molar-refractivity contribution in [1.82, 2.24) is 5.32 Å². The van der Waals surface area contributed by atoms with Gasteiger partial charge in [-0.1, -0.05) is 18.2 Å². The van der Waals surface area contributed by atoms with E-state index in [1.165, 1.54) is 12.1 Å². The van der Waals surface area contributed by atoms with Crippen LogP contribution < -0.4 is 10.3 Å². The number of benzene rings is 1. The van der Waals surface area contributed by atoms with Gasteiger partial charge in [-0.25, -0.2) is 0 Å². The summed E-state index contributed by atoms with van der Waals surface area (Å²) in [5, 5.41) is 9.51. The normalized spacial score (nSPS) is 24.0. The van der Waals surface area contributed by atoms with Crippen molar-refractivity contribution in [3.05, 3.63) is 30.3 Å². The number of hydrogen-bond donors (Lipinski definition) is 1. The molecule has 162 valence electrons. The molecular weight excluding hydrogens is 380 g/mol. The SMILES string of the molecule is COC(=O)CC1=NN(c2ccccc2)C(=O)C1C(C)=NC1CC(C)(C)NC(C)(C)C1. The summed E-state index contributed by atoms with van der Waals surface area (Å²) in [4.78, 5) is 30.2. The first kappa shape index (κ1) is 22.2. The molecular formula is C23H32N4O3. The van der Waals surface area contributed by atoms with Crippen LogP contribution in [0, 0.1) is 5.92 Å². The Bertz CT molecular complexity index is 858. The molecule has 7 nitrogen and oxygen atoms in total. The average Bonchev–Trinajstić information content (AvgIpc) is 2.95. The van der Waals surface area contributed by atoms with Gasteiger partial charge in [0, 0.05) is 16.8 Å². The number of carbonyl (C=O) groups is 2. The van der Waals surface area contributed by atoms with Crippen molar-refractivity contribution >= 4 is 29.0 Å². The number of piperidine rings is 1. The molecule has 0 aromatic heterocycles. The number of carbonyl (C=O) groups excluding carboxylic acids is 2. The summed E-state index contributed by atoms with van der Waals surface area (Å²) < 4.78 is 4.82. The minimum absolute atomic E-state index is 0.0354. The number of ether oxygens (including phenoxy) is 1. The Labute approximate surface area is 178 Å². The molecule has 1 N–H and O–H groups in total. The third-order valence-electron chi connectivity index (χ3n) is 5.54. The maximum Gasteiger partial charge on any atom is 0.311 e. The van der Waals surface area contributed by atoms with E-state index in [0.29, 0.717) is 17.1 Å². The molecule has 0 spiro atoms. The van der Waals surface area contributed by atoms with Gasteiger partial charge in [-0.3, -0.25) is 14.6 Å². The largest absolute Gasteiger partial charge is 0.469 e. The summed E-state index contributed by atoms with van der Waals surface area (Å²) in [6, 6.07) is 9.33. The van der Waals surface area contributed by atoms with Crippen molar-refractivity contribution in [2.24, 2.45) is 16.0 Å². The summed E-state index contributed by atoms with van der Waals surface area (Å²) in [5.41, 5.74) is 1.75. The van der Waals surface area contributed by atoms with E-state index in [9.17, 15) is 9.59 Å². The number of rotatable bonds is 5. The van der Waals surface area contributed by atoms with Crippen molar-refractivity contribution in [2.75, 3.05) is 12.1 Å². The van der Waals surface area contributed by atoms with Crippen LogP contribution in [0.25, 0.3) is 0 Å². The molecule has 3 rings (SSSR count). The second-order valence-corrected chi connectivity index (χ2v) is 9.49. The molecule has 7 heteroatoms. The van der Waals surface area contributed by atoms with Crippen LogP contribution in [0.4, 0.5) is 5.69 Å². The highest BCUT2D eigenvalue weighted by Crippen LogP contribution is 2.32. The van der Waals surface area contributed by atoms with E-state index in [-0.39, 0.29) is 29.4 Å². The molecule has 2 heterocycles. The molecule has 1 unspecified atom stereocenters. The topological polar surface area (TPSA) is 83.4 Å². The number of nitrogens with zero attached hydrogens (tertiary/aromatic N) is 3. The number of aliphatic imine (C=N–C) groups is 1. The molecule has 1 saturated heterocycles. The fourth-order valence-electron chi connectivity index (χ4n) is 4.75. The molecule has 0 saturated carbocycles. The molecule has 2 aliphatic heterocycles. The van der Waals surface area contributed by atoms with Crippen LogP contribution in [0.1, 0.15) is 53.9 Å². The van der Waals surface area contributed by atoms with Crippen LogP contribution >= 0.6 is 0 Å². The quantitative estimate of drug-likeness (QED) is 0.594. The van der Waals surface area contributed by atoms with E-state index in [2.05, 4.69) is 38.1 Å². The zero-order valence-corrected chi connectivity index (χ0v) is 18.7. The van der Waals surface area contributed by atoms with Crippen LogP contribution in [0.15, 0.2) is 40.4 Å². The number of methoxy groups -OCH3 is 1. The highest BCUT2D eigenvalue weighted by atomic mass is 16.5. The number of esters is 1. The maximum absolute atomic E-state index is 13.3. The second-order valence-electron chi connectivity index (χ2n) is 9.49. The lowest BCUT2D eigenvalue weighted by molar-refractivity contribution is -0.139. The minimum atomic E-state index is -0.648. The molecule has 30 heavy (non-hydrogen) atoms. The smallest absolute Gasteiger partial charge is 0.311 e. The van der Waals surface area contributed by atoms with Gasteiger partial charge in [0.25, 0.3) is 5.91 Å². The fraction of sp³-hybridized carbons (Fsp3) is 0.565. The molecule has 1 fully saturated rings. The number of hydrogen-bond acceptors (Lipinski definition) is 6. The second kappa shape index (κ2) is 8.30. The van der Waals surface area contributed by atoms with Gasteiger partial charge in [0.15, 0.2) is 0 Å². The molecule has 1 aromatic rings. The lowest BCUT2D eigenvalue weighted by Crippen LogP contribution is -2.59. The first-order chi connectivity index (χ1) is 14.0. The zero-order chi connectivity index (χ0) is 22.1. The monoisotopic (exact) mass is 412 g/mol. The van der Waals surface area contributed by atoms with Gasteiger partial charge in [0.05, 0.1) is 31.0 Å². The van der Waals surface area contributed by atoms with Crippen molar-refractivity contribution in [3.8, 4) is 0 Å². The van der Waals surface area contributed by atoms with Crippen LogP contribution in [0.3, 0.4) is 0 Å². The third-order valence-corrected chi connectivity index (χ3v) is 5.54. The molecule has 1 aromatic carbocycles. The molecule has 2 aliphatic rings. The lowest BCUT2D eigenvalue weighted by atomic mass is 9.79. The van der Waals surface area contributed by atoms with E-state index in [0.717, 1.165) is 12.8 Å². The lowest BCUT2D eigenvalue weighted by Gasteiger charge is -2.45. The highest BCUT2D eigenvalue weighted by molar-refractivity contribution is 6.30. The molecule has 0 aliphatic carbocycles. The van der Waals surface area contributed by atoms with Crippen LogP contribution in [-0.2, 0) is 14.3 Å². The Morgan fingerprint density at radius 1 is 1.20 bits per heavy atom. The Hall–Kier alpha value is -2.54. The number of hydrazone groups is 1. The summed E-state index contributed by atoms with van der Waals surface area (Å²) in [6.07, 6.45) is 1.72. The van der Waals surface area contributed by atoms with E-state index in [4.69, 9.17) is 9.73 Å². The summed E-state index contributed by atoms with van der Waals surface area (Å²) in [7, 11) is 1.34. The summed E-state index contributed by atoms with van der Waals surface area (Å²) >= 11 is 0. The van der Waals surface area contributed by atoms with Crippen LogP contribution in [0.5, 0.6) is 0 Å². The Morgan fingerprint density at radius 2 is 1.80 bits per heavy atom. The maximum atomic E-state index is 13.3. The zero-order valence-electron chi connectivity index (χ0n) is 18.7. The van der Waals surface area contributed by atoms with Gasteiger partial charge in [-0.05, 0) is 59.6 Å². The van der Waals surface area contributed by atoms with Gasteiger partial charge in [-0.15, -0.1) is 0 Å². The van der Waals surface area contributed by atoms with Gasteiger partial charge < -0.3 is 10.1 Å². The van der Waals surface area contributed by atoms with Gasteiger partial charge in [0.1, 0.15) is 5.92 Å². The Morgan fingerprint density at radius 3 is 2.37 bits per heavy atom. The predicted octanol–water partition coefficient (Wildman–Crippen LogP) is 3.34. The standard InChI is InChI=1S/C23H32N4O3/c1-15(24-16-13-22(2,3)26-23(4,5)14-16)20-18(12-19(28)30-6)25-27(21(20)29)17-10-8-7-9-11-17/h7-11,16,20,26H,12-14H2,1-6H3. The first-order valence-electron chi connectivity index (χ1n) is 10.4. The Kier molecular flexibility index (Phi) is 6.13. The number of para-hydroxylation sites is 1. The minimum Gasteiger partial charge on any atom is -0.469 e. The van der Waals surface area contributed by atoms with Gasteiger partial charge >= 0.3 is 5.97 Å². The van der Waals surface area contributed by atoms with Gasteiger partial charge in [-0.2, -0.15) is 10.1 Å². The van der Waals surface area contributed by atoms with Crippen molar-refractivity contribution in [1.29, 1.82) is 0 Å². The van der Waals surface area contributed by atoms with E-state index < -0.39 is 11.9 Å². The average molecular weight is 413 g/mol. The van der Waals surface area contributed by atoms with E-state index >= 15 is 0 Å². The molecule has 1 amide bonds. The predicted molar refractivity (Wildman–Crippen MR) is 119 cm³/mol. The molecule has 0 radical (unpaired) electrons. The highest BCUT2D eigenvalue weighted by Gasteiger charge is 2.41. The number of amides is 1. The van der Waals surface area contributed by atoms with Crippen LogP contribution in [-0.4, -0.2) is 47.5 Å². The Balaban J connectivity index is 1.91. The molecule has 1 atom stereocenters. The fourth-order valence-corrected chi connectivity index (χ4v) is 4.75. The van der Waals surface area contributed by atoms with Crippen molar-refractivity contribution in [3.63, 3.8) is 0 Å². The molecule has 0 bridgehead atoms. The van der Waals surface area contributed by atoms with Gasteiger partial charge in [0.2, 0.25) is 0 Å². The third kappa shape index (κ3) is 4.95. The van der Waals surface area contributed by atoms with Crippen molar-refractivity contribution < 1.29 is 14.3 Å². The van der Waals surface area contributed by atoms with Crippen molar-refractivity contribution in [2.45, 2.75) is 71.0 Å². The number of nitrogens with one attached hydrogen (secondary N) is 1. The van der Waals surface area contributed by atoms with Crippen LogP contribution in [0.2, 0.25) is 0 Å². The summed E-state index contributed by atoms with van der Waals surface area (Å²) in [6.45, 7) is 10.6. The first-order valence-corrected chi connectivity index (χ1v) is 10.4. The number of anilines is 1. The van der Waals surface area contributed by atoms with E-state index in [1.54, 1.807) is 0 Å². The summed E-state index contributed by atoms with van der Waals surface area (Å²) in [5.74, 6) is -1.25. The van der Waals surface area contributed by atoms with E-state index in [1.807, 2.05) is 37.3 Å².